The van der Waals surface area contributed by atoms with Crippen molar-refractivity contribution in [1.82, 2.24) is 14.9 Å². The molecule has 22 heavy (non-hydrogen) atoms. The van der Waals surface area contributed by atoms with Crippen molar-refractivity contribution < 1.29 is 0 Å². The van der Waals surface area contributed by atoms with Crippen LogP contribution in [-0.4, -0.2) is 21.9 Å². The minimum absolute atomic E-state index is 0.135. The third kappa shape index (κ3) is 3.57. The Balaban J connectivity index is 1.82. The van der Waals surface area contributed by atoms with E-state index in [1.165, 1.54) is 4.88 Å². The van der Waals surface area contributed by atoms with E-state index in [4.69, 9.17) is 11.6 Å². The fourth-order valence-corrected chi connectivity index (χ4v) is 3.98. The van der Waals surface area contributed by atoms with Gasteiger partial charge < -0.3 is 4.98 Å². The topological polar surface area (TPSA) is 49.0 Å². The van der Waals surface area contributed by atoms with Gasteiger partial charge >= 0.3 is 0 Å². The van der Waals surface area contributed by atoms with Crippen LogP contribution in [-0.2, 0) is 13.1 Å². The third-order valence-electron chi connectivity index (χ3n) is 3.19. The van der Waals surface area contributed by atoms with E-state index in [-0.39, 0.29) is 5.56 Å². The van der Waals surface area contributed by atoms with E-state index in [1.807, 2.05) is 13.1 Å². The molecule has 0 aliphatic heterocycles. The van der Waals surface area contributed by atoms with E-state index in [0.29, 0.717) is 28.3 Å². The summed E-state index contributed by atoms with van der Waals surface area (Å²) in [6.07, 6.45) is 0. The minimum Gasteiger partial charge on any atom is -0.309 e. The van der Waals surface area contributed by atoms with Crippen LogP contribution < -0.4 is 5.56 Å². The molecule has 3 aromatic rings. The van der Waals surface area contributed by atoms with E-state index in [0.717, 1.165) is 10.3 Å². The number of nitrogens with zero attached hydrogens (tertiary/aromatic N) is 2. The first-order valence-corrected chi connectivity index (χ1v) is 8.61. The Hall–Kier alpha value is -1.21. The summed E-state index contributed by atoms with van der Waals surface area (Å²) in [4.78, 5) is 22.8. The number of nitrogens with one attached hydrogen (secondary N) is 1. The number of aromatic amines is 1. The van der Waals surface area contributed by atoms with Crippen molar-refractivity contribution in [3.63, 3.8) is 0 Å². The third-order valence-corrected chi connectivity index (χ3v) is 5.04. The maximum atomic E-state index is 12.1. The standard InChI is InChI=1S/C15H13BrClN3OS/c1-20(7-10-3-5-13(16)22-10)8-14-18-12-6-9(17)2-4-11(12)15(21)19-14/h2-6H,7-8H2,1H3,(H,18,19,21). The zero-order valence-electron chi connectivity index (χ0n) is 11.8. The molecule has 0 amide bonds. The number of benzene rings is 1. The zero-order chi connectivity index (χ0) is 15.7. The summed E-state index contributed by atoms with van der Waals surface area (Å²) in [5.74, 6) is 0.637. The number of aromatic nitrogens is 2. The molecule has 0 spiro atoms. The summed E-state index contributed by atoms with van der Waals surface area (Å²) in [5.41, 5.74) is 0.488. The summed E-state index contributed by atoms with van der Waals surface area (Å²) in [6, 6.07) is 9.22. The first-order chi connectivity index (χ1) is 10.5. The van der Waals surface area contributed by atoms with Crippen LogP contribution in [0.4, 0.5) is 0 Å². The molecule has 7 heteroatoms. The van der Waals surface area contributed by atoms with Gasteiger partial charge in [0.1, 0.15) is 5.82 Å². The molecule has 2 aromatic heterocycles. The molecule has 0 atom stereocenters. The summed E-state index contributed by atoms with van der Waals surface area (Å²) in [5, 5.41) is 1.13. The lowest BCUT2D eigenvalue weighted by Crippen LogP contribution is -2.21. The molecular weight excluding hydrogens is 386 g/mol. The Kier molecular flexibility index (Phi) is 4.63. The molecule has 1 N–H and O–H groups in total. The molecule has 2 heterocycles. The van der Waals surface area contributed by atoms with Gasteiger partial charge in [-0.25, -0.2) is 4.98 Å². The molecule has 4 nitrogen and oxygen atoms in total. The number of hydrogen-bond donors (Lipinski definition) is 1. The Morgan fingerprint density at radius 2 is 2.14 bits per heavy atom. The highest BCUT2D eigenvalue weighted by Crippen LogP contribution is 2.23. The van der Waals surface area contributed by atoms with Gasteiger partial charge in [-0.15, -0.1) is 11.3 Å². The van der Waals surface area contributed by atoms with Crippen molar-refractivity contribution in [3.8, 4) is 0 Å². The fourth-order valence-electron chi connectivity index (χ4n) is 2.25. The van der Waals surface area contributed by atoms with Crippen molar-refractivity contribution in [2.45, 2.75) is 13.1 Å². The van der Waals surface area contributed by atoms with E-state index in [1.54, 1.807) is 29.5 Å². The van der Waals surface area contributed by atoms with Crippen LogP contribution in [0.3, 0.4) is 0 Å². The Morgan fingerprint density at radius 1 is 1.32 bits per heavy atom. The van der Waals surface area contributed by atoms with Crippen LogP contribution in [0.25, 0.3) is 10.9 Å². The van der Waals surface area contributed by atoms with E-state index in [2.05, 4.69) is 36.9 Å². The molecule has 0 radical (unpaired) electrons. The molecule has 0 saturated heterocycles. The predicted molar refractivity (Wildman–Crippen MR) is 94.6 cm³/mol. The molecule has 114 valence electrons. The molecule has 1 aromatic carbocycles. The van der Waals surface area contributed by atoms with Crippen molar-refractivity contribution in [3.05, 3.63) is 60.2 Å². The van der Waals surface area contributed by atoms with Crippen LogP contribution >= 0.6 is 38.9 Å². The second kappa shape index (κ2) is 6.50. The monoisotopic (exact) mass is 397 g/mol. The molecular formula is C15H13BrClN3OS. The van der Waals surface area contributed by atoms with Gasteiger partial charge in [0.2, 0.25) is 0 Å². The number of fused-ring (bicyclic) bond motifs is 1. The lowest BCUT2D eigenvalue weighted by Gasteiger charge is -2.15. The maximum absolute atomic E-state index is 12.1. The second-order valence-electron chi connectivity index (χ2n) is 5.05. The SMILES string of the molecule is CN(Cc1nc2cc(Cl)ccc2c(=O)[nH]1)Cc1ccc(Br)s1. The number of hydrogen-bond acceptors (Lipinski definition) is 4. The van der Waals surface area contributed by atoms with Crippen LogP contribution in [0, 0.1) is 0 Å². The quantitative estimate of drug-likeness (QED) is 0.722. The lowest BCUT2D eigenvalue weighted by molar-refractivity contribution is 0.313. The first kappa shape index (κ1) is 15.7. The molecule has 0 aliphatic rings. The van der Waals surface area contributed by atoms with E-state index in [9.17, 15) is 4.79 Å². The van der Waals surface area contributed by atoms with Gasteiger partial charge in [0.25, 0.3) is 5.56 Å². The first-order valence-electron chi connectivity index (χ1n) is 6.62. The van der Waals surface area contributed by atoms with Crippen molar-refractivity contribution in [2.24, 2.45) is 0 Å². The van der Waals surface area contributed by atoms with Crippen molar-refractivity contribution in [1.29, 1.82) is 0 Å². The van der Waals surface area contributed by atoms with Gasteiger partial charge in [-0.1, -0.05) is 11.6 Å². The Labute approximate surface area is 144 Å². The number of thiophene rings is 1. The predicted octanol–water partition coefficient (Wildman–Crippen LogP) is 4.03. The van der Waals surface area contributed by atoms with E-state index >= 15 is 0 Å². The zero-order valence-corrected chi connectivity index (χ0v) is 14.9. The van der Waals surface area contributed by atoms with Gasteiger partial charge in [-0.2, -0.15) is 0 Å². The smallest absolute Gasteiger partial charge is 0.258 e. The highest BCUT2D eigenvalue weighted by atomic mass is 79.9. The average Bonchev–Trinajstić information content (AvgIpc) is 2.83. The Morgan fingerprint density at radius 3 is 2.86 bits per heavy atom. The fraction of sp³-hybridized carbons (Fsp3) is 0.200. The summed E-state index contributed by atoms with van der Waals surface area (Å²) >= 11 is 11.1. The van der Waals surface area contributed by atoms with Crippen LogP contribution in [0.5, 0.6) is 0 Å². The second-order valence-corrected chi connectivity index (χ2v) is 8.04. The highest BCUT2D eigenvalue weighted by molar-refractivity contribution is 9.11. The summed E-state index contributed by atoms with van der Waals surface area (Å²) in [6.45, 7) is 1.36. The number of halogens is 2. The normalized spacial score (nSPS) is 11.5. The molecule has 0 fully saturated rings. The van der Waals surface area contributed by atoms with E-state index < -0.39 is 0 Å². The highest BCUT2D eigenvalue weighted by Gasteiger charge is 2.08. The molecule has 0 aliphatic carbocycles. The van der Waals surface area contributed by atoms with Gasteiger partial charge in [0.15, 0.2) is 0 Å². The van der Waals surface area contributed by atoms with Crippen LogP contribution in [0.1, 0.15) is 10.7 Å². The Bertz CT molecular complexity index is 877. The number of rotatable bonds is 4. The number of H-pyrrole nitrogens is 1. The van der Waals surface area contributed by atoms with Gasteiger partial charge in [0.05, 0.1) is 21.2 Å². The average molecular weight is 399 g/mol. The molecule has 3 rings (SSSR count). The van der Waals surface area contributed by atoms with Crippen molar-refractivity contribution >= 4 is 49.8 Å². The summed E-state index contributed by atoms with van der Waals surface area (Å²) in [7, 11) is 2.00. The largest absolute Gasteiger partial charge is 0.309 e. The molecule has 0 saturated carbocycles. The van der Waals surface area contributed by atoms with Crippen LogP contribution in [0.15, 0.2) is 38.9 Å². The van der Waals surface area contributed by atoms with Gasteiger partial charge in [-0.05, 0) is 53.3 Å². The maximum Gasteiger partial charge on any atom is 0.258 e. The van der Waals surface area contributed by atoms with Gasteiger partial charge in [-0.3, -0.25) is 9.69 Å². The molecule has 0 bridgehead atoms. The van der Waals surface area contributed by atoms with Crippen molar-refractivity contribution in [2.75, 3.05) is 7.05 Å². The molecule has 0 unspecified atom stereocenters. The van der Waals surface area contributed by atoms with Gasteiger partial charge in [0, 0.05) is 16.4 Å². The minimum atomic E-state index is -0.135. The lowest BCUT2D eigenvalue weighted by atomic mass is 10.2. The summed E-state index contributed by atoms with van der Waals surface area (Å²) < 4.78 is 1.11. The van der Waals surface area contributed by atoms with Crippen LogP contribution in [0.2, 0.25) is 5.02 Å².